The van der Waals surface area contributed by atoms with Gasteiger partial charge in [-0.25, -0.2) is 8.42 Å². The molecule has 0 unspecified atom stereocenters. The molecular weight excluding hydrogens is 526 g/mol. The van der Waals surface area contributed by atoms with Crippen LogP contribution in [-0.4, -0.2) is 26.5 Å². The molecule has 1 amide bonds. The quantitative estimate of drug-likeness (QED) is 0.375. The molecule has 0 saturated heterocycles. The van der Waals surface area contributed by atoms with Gasteiger partial charge in [0.05, 0.1) is 17.6 Å². The van der Waals surface area contributed by atoms with Crippen LogP contribution in [0.25, 0.3) is 0 Å². The standard InChI is InChI=1S/C23H22BrN3O4S2/c1-14-4-6-18(12-15(14)2)27-33(29,30)19-9-7-17(8-10-19)25-23(32)26-22(28)20-13-16(24)5-11-21(20)31-3/h4-13,27H,1-3H3,(H2,25,26,28,32). The SMILES string of the molecule is COc1ccc(Br)cc1C(=O)NC(=S)Nc1ccc(S(=O)(=O)Nc2ccc(C)c(C)c2)cc1. The summed E-state index contributed by atoms with van der Waals surface area (Å²) >= 11 is 8.54. The Hall–Kier alpha value is -2.95. The molecule has 33 heavy (non-hydrogen) atoms. The highest BCUT2D eigenvalue weighted by Crippen LogP contribution is 2.23. The Bertz CT molecular complexity index is 1310. The summed E-state index contributed by atoms with van der Waals surface area (Å²) in [6.07, 6.45) is 0. The molecule has 0 aliphatic rings. The Kier molecular flexibility index (Phi) is 7.72. The van der Waals surface area contributed by atoms with Gasteiger partial charge in [-0.1, -0.05) is 22.0 Å². The topological polar surface area (TPSA) is 96.5 Å². The molecule has 0 atom stereocenters. The second-order valence-electron chi connectivity index (χ2n) is 7.18. The van der Waals surface area contributed by atoms with Crippen LogP contribution in [0.5, 0.6) is 5.75 Å². The minimum atomic E-state index is -3.75. The first-order valence-corrected chi connectivity index (χ1v) is 12.4. The molecule has 10 heteroatoms. The van der Waals surface area contributed by atoms with Crippen LogP contribution >= 0.6 is 28.1 Å². The predicted octanol–water partition coefficient (Wildman–Crippen LogP) is 5.00. The van der Waals surface area contributed by atoms with Crippen molar-refractivity contribution in [2.45, 2.75) is 18.7 Å². The third-order valence-corrected chi connectivity index (χ3v) is 6.91. The molecule has 0 radical (unpaired) electrons. The van der Waals surface area contributed by atoms with Gasteiger partial charge in [0.2, 0.25) is 0 Å². The highest BCUT2D eigenvalue weighted by atomic mass is 79.9. The van der Waals surface area contributed by atoms with Crippen LogP contribution in [-0.2, 0) is 10.0 Å². The molecule has 0 aliphatic carbocycles. The van der Waals surface area contributed by atoms with Crippen LogP contribution in [0.1, 0.15) is 21.5 Å². The highest BCUT2D eigenvalue weighted by Gasteiger charge is 2.16. The first-order chi connectivity index (χ1) is 15.6. The van der Waals surface area contributed by atoms with E-state index in [9.17, 15) is 13.2 Å². The fourth-order valence-electron chi connectivity index (χ4n) is 2.93. The molecule has 172 valence electrons. The molecule has 0 aromatic heterocycles. The zero-order valence-corrected chi connectivity index (χ0v) is 21.3. The molecule has 0 fully saturated rings. The molecule has 0 heterocycles. The van der Waals surface area contributed by atoms with Crippen molar-refractivity contribution >= 4 is 60.6 Å². The fraction of sp³-hybridized carbons (Fsp3) is 0.130. The summed E-state index contributed by atoms with van der Waals surface area (Å²) in [6.45, 7) is 3.88. The Morgan fingerprint density at radius 2 is 1.61 bits per heavy atom. The van der Waals surface area contributed by atoms with E-state index < -0.39 is 15.9 Å². The Labute approximate surface area is 206 Å². The molecule has 3 N–H and O–H groups in total. The van der Waals surface area contributed by atoms with Crippen molar-refractivity contribution in [3.05, 3.63) is 81.8 Å². The Morgan fingerprint density at radius 1 is 0.939 bits per heavy atom. The Balaban J connectivity index is 1.66. The number of aryl methyl sites for hydroxylation is 2. The molecule has 0 bridgehead atoms. The molecule has 3 rings (SSSR count). The van der Waals surface area contributed by atoms with Crippen LogP contribution in [0.2, 0.25) is 0 Å². The van der Waals surface area contributed by atoms with E-state index in [2.05, 4.69) is 31.3 Å². The van der Waals surface area contributed by atoms with Gasteiger partial charge in [0.15, 0.2) is 5.11 Å². The maximum absolute atomic E-state index is 12.7. The molecule has 3 aromatic carbocycles. The van der Waals surface area contributed by atoms with Crippen LogP contribution in [0, 0.1) is 13.8 Å². The third kappa shape index (κ3) is 6.31. The number of amides is 1. The van der Waals surface area contributed by atoms with Crippen LogP contribution in [0.15, 0.2) is 70.0 Å². The van der Waals surface area contributed by atoms with Crippen molar-refractivity contribution in [3.63, 3.8) is 0 Å². The summed E-state index contributed by atoms with van der Waals surface area (Å²) in [5.41, 5.74) is 3.40. The molecule has 0 spiro atoms. The number of thiocarbonyl (C=S) groups is 1. The summed E-state index contributed by atoms with van der Waals surface area (Å²) < 4.78 is 33.9. The number of carbonyl (C=O) groups excluding carboxylic acids is 1. The lowest BCUT2D eigenvalue weighted by atomic mass is 10.1. The number of methoxy groups -OCH3 is 1. The highest BCUT2D eigenvalue weighted by molar-refractivity contribution is 9.10. The van der Waals surface area contributed by atoms with Gasteiger partial charge < -0.3 is 10.1 Å². The normalized spacial score (nSPS) is 10.9. The minimum Gasteiger partial charge on any atom is -0.496 e. The van der Waals surface area contributed by atoms with Gasteiger partial charge in [-0.05, 0) is 91.8 Å². The third-order valence-electron chi connectivity index (χ3n) is 4.81. The van der Waals surface area contributed by atoms with E-state index in [1.54, 1.807) is 42.5 Å². The Morgan fingerprint density at radius 3 is 2.24 bits per heavy atom. The van der Waals surface area contributed by atoms with E-state index in [4.69, 9.17) is 17.0 Å². The smallest absolute Gasteiger partial charge is 0.261 e. The molecule has 7 nitrogen and oxygen atoms in total. The summed E-state index contributed by atoms with van der Waals surface area (Å²) in [4.78, 5) is 12.7. The average Bonchev–Trinajstić information content (AvgIpc) is 2.76. The first kappa shape index (κ1) is 24.7. The number of sulfonamides is 1. The van der Waals surface area contributed by atoms with Gasteiger partial charge >= 0.3 is 0 Å². The number of halogens is 1. The van der Waals surface area contributed by atoms with E-state index in [1.165, 1.54) is 19.2 Å². The fourth-order valence-corrected chi connectivity index (χ4v) is 4.55. The van der Waals surface area contributed by atoms with Gasteiger partial charge in [-0.3, -0.25) is 14.8 Å². The number of hydrogen-bond acceptors (Lipinski definition) is 5. The number of hydrogen-bond donors (Lipinski definition) is 3. The largest absolute Gasteiger partial charge is 0.496 e. The first-order valence-electron chi connectivity index (χ1n) is 9.75. The van der Waals surface area contributed by atoms with Crippen LogP contribution < -0.4 is 20.1 Å². The van der Waals surface area contributed by atoms with Crippen molar-refractivity contribution in [2.75, 3.05) is 17.1 Å². The molecule has 0 aliphatic heterocycles. The maximum Gasteiger partial charge on any atom is 0.261 e. The molecule has 0 saturated carbocycles. The summed E-state index contributed by atoms with van der Waals surface area (Å²) in [5.74, 6) is -0.0354. The van der Waals surface area contributed by atoms with E-state index in [0.717, 1.165) is 15.6 Å². The number of rotatable bonds is 6. The van der Waals surface area contributed by atoms with Crippen LogP contribution in [0.4, 0.5) is 11.4 Å². The van der Waals surface area contributed by atoms with E-state index >= 15 is 0 Å². The molecular formula is C23H22BrN3O4S2. The summed E-state index contributed by atoms with van der Waals surface area (Å²) in [7, 11) is -2.28. The van der Waals surface area contributed by atoms with Crippen LogP contribution in [0.3, 0.4) is 0 Å². The maximum atomic E-state index is 12.7. The number of benzene rings is 3. The number of nitrogens with one attached hydrogen (secondary N) is 3. The van der Waals surface area contributed by atoms with Crippen molar-refractivity contribution < 1.29 is 17.9 Å². The van der Waals surface area contributed by atoms with Crippen molar-refractivity contribution in [2.24, 2.45) is 0 Å². The van der Waals surface area contributed by atoms with Crippen molar-refractivity contribution in [1.29, 1.82) is 0 Å². The minimum absolute atomic E-state index is 0.0610. The average molecular weight is 548 g/mol. The van der Waals surface area contributed by atoms with E-state index in [0.29, 0.717) is 22.7 Å². The van der Waals surface area contributed by atoms with Crippen molar-refractivity contribution in [3.8, 4) is 5.75 Å². The lowest BCUT2D eigenvalue weighted by molar-refractivity contribution is 0.0974. The van der Waals surface area contributed by atoms with Gasteiger partial charge in [-0.2, -0.15) is 0 Å². The second kappa shape index (κ2) is 10.3. The summed E-state index contributed by atoms with van der Waals surface area (Å²) in [5, 5.41) is 5.51. The lowest BCUT2D eigenvalue weighted by Crippen LogP contribution is -2.34. The van der Waals surface area contributed by atoms with Gasteiger partial charge in [0.1, 0.15) is 5.75 Å². The summed E-state index contributed by atoms with van der Waals surface area (Å²) in [6, 6.07) is 16.4. The van der Waals surface area contributed by atoms with Gasteiger partial charge in [0, 0.05) is 15.8 Å². The van der Waals surface area contributed by atoms with Gasteiger partial charge in [-0.15, -0.1) is 0 Å². The second-order valence-corrected chi connectivity index (χ2v) is 10.2. The monoisotopic (exact) mass is 547 g/mol. The predicted molar refractivity (Wildman–Crippen MR) is 138 cm³/mol. The number of anilines is 2. The molecule has 3 aromatic rings. The lowest BCUT2D eigenvalue weighted by Gasteiger charge is -2.13. The van der Waals surface area contributed by atoms with E-state index in [-0.39, 0.29) is 10.0 Å². The number of carbonyl (C=O) groups is 1. The van der Waals surface area contributed by atoms with Gasteiger partial charge in [0.25, 0.3) is 15.9 Å². The number of ether oxygens (including phenoxy) is 1. The van der Waals surface area contributed by atoms with E-state index in [1.807, 2.05) is 19.9 Å². The zero-order valence-electron chi connectivity index (χ0n) is 18.1. The zero-order chi connectivity index (χ0) is 24.2. The van der Waals surface area contributed by atoms with Crippen molar-refractivity contribution in [1.82, 2.24) is 5.32 Å².